The van der Waals surface area contributed by atoms with Crippen molar-refractivity contribution in [2.45, 2.75) is 0 Å². The first-order valence-electron chi connectivity index (χ1n) is 6.54. The van der Waals surface area contributed by atoms with Gasteiger partial charge < -0.3 is 14.0 Å². The van der Waals surface area contributed by atoms with Gasteiger partial charge >= 0.3 is 0 Å². The molecule has 0 unspecified atom stereocenters. The van der Waals surface area contributed by atoms with Crippen molar-refractivity contribution in [3.8, 4) is 11.5 Å². The van der Waals surface area contributed by atoms with E-state index in [1.165, 1.54) is 6.21 Å². The Morgan fingerprint density at radius 1 is 1.22 bits per heavy atom. The summed E-state index contributed by atoms with van der Waals surface area (Å²) in [6.07, 6.45) is 1.53. The van der Waals surface area contributed by atoms with Crippen LogP contribution in [0.2, 0.25) is 0 Å². The molecule has 0 aliphatic heterocycles. The van der Waals surface area contributed by atoms with Gasteiger partial charge in [0.05, 0.1) is 29.5 Å². The number of hydrazone groups is 1. The number of nitrogens with one attached hydrogen (secondary N) is 1. The maximum Gasteiger partial charge on any atom is 0.288 e. The van der Waals surface area contributed by atoms with Crippen LogP contribution in [-0.4, -0.2) is 30.9 Å². The van der Waals surface area contributed by atoms with Gasteiger partial charge in [0.1, 0.15) is 5.69 Å². The highest BCUT2D eigenvalue weighted by atomic mass is 79.9. The molecule has 0 aliphatic rings. The molecule has 8 heteroatoms. The summed E-state index contributed by atoms with van der Waals surface area (Å²) in [5.41, 5.74) is 3.75. The van der Waals surface area contributed by atoms with Crippen molar-refractivity contribution in [3.05, 3.63) is 44.6 Å². The molecule has 2 aromatic rings. The van der Waals surface area contributed by atoms with Gasteiger partial charge in [0.25, 0.3) is 5.91 Å². The number of ether oxygens (including phenoxy) is 2. The third-order valence-corrected chi connectivity index (χ3v) is 5.23. The smallest absolute Gasteiger partial charge is 0.288 e. The quantitative estimate of drug-likeness (QED) is 0.568. The highest BCUT2D eigenvalue weighted by molar-refractivity contribution is 9.13. The second-order valence-corrected chi connectivity index (χ2v) is 6.15. The highest BCUT2D eigenvalue weighted by Gasteiger charge is 2.14. The molecule has 0 saturated heterocycles. The monoisotopic (exact) mass is 443 g/mol. The Morgan fingerprint density at radius 3 is 2.48 bits per heavy atom. The lowest BCUT2D eigenvalue weighted by Crippen LogP contribution is -2.20. The third kappa shape index (κ3) is 3.94. The van der Waals surface area contributed by atoms with Gasteiger partial charge in [0, 0.05) is 7.05 Å². The number of carbonyl (C=O) groups excluding carboxylic acids is 1. The zero-order valence-corrected chi connectivity index (χ0v) is 15.9. The maximum atomic E-state index is 12.1. The lowest BCUT2D eigenvalue weighted by atomic mass is 10.2. The number of benzene rings is 1. The van der Waals surface area contributed by atoms with E-state index in [0.29, 0.717) is 17.2 Å². The number of hydrogen-bond acceptors (Lipinski definition) is 4. The molecule has 0 fully saturated rings. The summed E-state index contributed by atoms with van der Waals surface area (Å²) in [5, 5.41) is 3.96. The number of methoxy groups -OCH3 is 2. The molecule has 0 bridgehead atoms. The Balaban J connectivity index is 2.09. The molecule has 122 valence electrons. The van der Waals surface area contributed by atoms with Gasteiger partial charge in [-0.05, 0) is 61.7 Å². The fourth-order valence-corrected chi connectivity index (χ4v) is 2.70. The fraction of sp³-hybridized carbons (Fsp3) is 0.200. The first-order valence-corrected chi connectivity index (χ1v) is 8.12. The topological polar surface area (TPSA) is 64.8 Å². The summed E-state index contributed by atoms with van der Waals surface area (Å²) in [6.45, 7) is 0. The minimum absolute atomic E-state index is 0.310. The van der Waals surface area contributed by atoms with Crippen LogP contribution in [0.4, 0.5) is 0 Å². The van der Waals surface area contributed by atoms with Crippen LogP contribution >= 0.6 is 31.9 Å². The number of aromatic nitrogens is 1. The number of carbonyl (C=O) groups is 1. The Hall–Kier alpha value is -1.80. The standard InChI is InChI=1S/C15H15Br2N3O3/c1-20-11(7-10(16)14(20)17)15(21)19-18-8-9-4-5-12(22-2)13(6-9)23-3/h4-8H,1-3H3,(H,19,21)/b18-8+. The largest absolute Gasteiger partial charge is 0.493 e. The number of amides is 1. The number of nitrogens with zero attached hydrogens (tertiary/aromatic N) is 2. The van der Waals surface area contributed by atoms with Crippen molar-refractivity contribution in [2.75, 3.05) is 14.2 Å². The zero-order chi connectivity index (χ0) is 17.0. The molecular formula is C15H15Br2N3O3. The third-order valence-electron chi connectivity index (χ3n) is 3.14. The minimum Gasteiger partial charge on any atom is -0.493 e. The van der Waals surface area contributed by atoms with Crippen LogP contribution in [0.5, 0.6) is 11.5 Å². The molecule has 0 spiro atoms. The molecule has 1 aromatic carbocycles. The average molecular weight is 445 g/mol. The van der Waals surface area contributed by atoms with Crippen LogP contribution in [-0.2, 0) is 7.05 Å². The van der Waals surface area contributed by atoms with Crippen LogP contribution in [0.3, 0.4) is 0 Å². The van der Waals surface area contributed by atoms with Crippen molar-refractivity contribution < 1.29 is 14.3 Å². The van der Waals surface area contributed by atoms with E-state index >= 15 is 0 Å². The Morgan fingerprint density at radius 2 is 1.91 bits per heavy atom. The number of halogens is 2. The average Bonchev–Trinajstić information content (AvgIpc) is 2.82. The van der Waals surface area contributed by atoms with Gasteiger partial charge in [-0.2, -0.15) is 5.10 Å². The van der Waals surface area contributed by atoms with E-state index in [1.807, 2.05) is 6.07 Å². The number of rotatable bonds is 5. The second-order valence-electron chi connectivity index (χ2n) is 4.54. The lowest BCUT2D eigenvalue weighted by Gasteiger charge is -2.07. The Bertz CT molecular complexity index is 757. The van der Waals surface area contributed by atoms with E-state index in [4.69, 9.17) is 9.47 Å². The van der Waals surface area contributed by atoms with Crippen LogP contribution in [0.25, 0.3) is 0 Å². The Kier molecular flexibility index (Phi) is 5.84. The van der Waals surface area contributed by atoms with E-state index in [1.54, 1.807) is 44.0 Å². The molecule has 0 atom stereocenters. The van der Waals surface area contributed by atoms with Crippen molar-refractivity contribution in [1.29, 1.82) is 0 Å². The molecule has 23 heavy (non-hydrogen) atoms. The van der Waals surface area contributed by atoms with Crippen molar-refractivity contribution in [2.24, 2.45) is 12.1 Å². The molecule has 1 amide bonds. The predicted molar refractivity (Wildman–Crippen MR) is 95.4 cm³/mol. The van der Waals surface area contributed by atoms with Crippen LogP contribution in [0.1, 0.15) is 16.1 Å². The SMILES string of the molecule is COc1ccc(/C=N/NC(=O)c2cc(Br)c(Br)n2C)cc1OC. The van der Waals surface area contributed by atoms with Crippen molar-refractivity contribution in [3.63, 3.8) is 0 Å². The lowest BCUT2D eigenvalue weighted by molar-refractivity contribution is 0.0947. The summed E-state index contributed by atoms with van der Waals surface area (Å²) < 4.78 is 13.7. The molecule has 0 radical (unpaired) electrons. The van der Waals surface area contributed by atoms with E-state index in [9.17, 15) is 4.79 Å². The van der Waals surface area contributed by atoms with Crippen molar-refractivity contribution >= 4 is 44.0 Å². The maximum absolute atomic E-state index is 12.1. The molecule has 1 aromatic heterocycles. The molecule has 6 nitrogen and oxygen atoms in total. The van der Waals surface area contributed by atoms with E-state index in [-0.39, 0.29) is 5.91 Å². The predicted octanol–water partition coefficient (Wildman–Crippen LogP) is 3.33. The minimum atomic E-state index is -0.310. The number of hydrogen-bond donors (Lipinski definition) is 1. The van der Waals surface area contributed by atoms with Crippen LogP contribution in [0, 0.1) is 0 Å². The molecular weight excluding hydrogens is 430 g/mol. The van der Waals surface area contributed by atoms with E-state index < -0.39 is 0 Å². The second kappa shape index (κ2) is 7.65. The van der Waals surface area contributed by atoms with Gasteiger partial charge in [-0.25, -0.2) is 5.43 Å². The molecule has 0 saturated carbocycles. The van der Waals surface area contributed by atoms with Gasteiger partial charge in [0.2, 0.25) is 0 Å². The molecule has 1 N–H and O–H groups in total. The summed E-state index contributed by atoms with van der Waals surface area (Å²) in [5.74, 6) is 0.917. The van der Waals surface area contributed by atoms with Crippen LogP contribution in [0.15, 0.2) is 38.4 Å². The first kappa shape index (κ1) is 17.6. The van der Waals surface area contributed by atoms with Gasteiger partial charge in [-0.3, -0.25) is 4.79 Å². The summed E-state index contributed by atoms with van der Waals surface area (Å²) in [4.78, 5) is 12.1. The molecule has 1 heterocycles. The zero-order valence-electron chi connectivity index (χ0n) is 12.8. The first-order chi connectivity index (χ1) is 11.0. The van der Waals surface area contributed by atoms with Gasteiger partial charge in [-0.15, -0.1) is 0 Å². The van der Waals surface area contributed by atoms with Gasteiger partial charge in [-0.1, -0.05) is 0 Å². The summed E-state index contributed by atoms with van der Waals surface area (Å²) >= 11 is 6.73. The Labute approximate surface area is 150 Å². The van der Waals surface area contributed by atoms with Gasteiger partial charge in [0.15, 0.2) is 11.5 Å². The normalized spacial score (nSPS) is 10.8. The van der Waals surface area contributed by atoms with Crippen molar-refractivity contribution in [1.82, 2.24) is 9.99 Å². The van der Waals surface area contributed by atoms with E-state index in [0.717, 1.165) is 14.6 Å². The molecule has 0 aliphatic carbocycles. The van der Waals surface area contributed by atoms with Crippen LogP contribution < -0.4 is 14.9 Å². The fourth-order valence-electron chi connectivity index (χ4n) is 1.92. The summed E-state index contributed by atoms with van der Waals surface area (Å²) in [6, 6.07) is 7.07. The summed E-state index contributed by atoms with van der Waals surface area (Å²) in [7, 11) is 4.91. The highest BCUT2D eigenvalue weighted by Crippen LogP contribution is 2.27. The van der Waals surface area contributed by atoms with E-state index in [2.05, 4.69) is 42.4 Å². The molecule has 2 rings (SSSR count).